The van der Waals surface area contributed by atoms with Gasteiger partial charge in [-0.3, -0.25) is 19.4 Å². The Labute approximate surface area is 221 Å². The van der Waals surface area contributed by atoms with Gasteiger partial charge in [-0.05, 0) is 50.1 Å². The fraction of sp³-hybridized carbons (Fsp3) is 0.393. The monoisotopic (exact) mass is 512 g/mol. The van der Waals surface area contributed by atoms with E-state index < -0.39 is 0 Å². The van der Waals surface area contributed by atoms with Crippen molar-refractivity contribution in [3.05, 3.63) is 71.3 Å². The van der Waals surface area contributed by atoms with Gasteiger partial charge in [0.2, 0.25) is 5.65 Å². The molecule has 196 valence electrons. The second-order valence-electron chi connectivity index (χ2n) is 10.5. The van der Waals surface area contributed by atoms with Crippen LogP contribution in [0, 0.1) is 12.3 Å². The third kappa shape index (κ3) is 4.84. The maximum Gasteiger partial charge on any atom is 0.257 e. The molecule has 2 fully saturated rings. The largest absolute Gasteiger partial charge is 0.380 e. The van der Waals surface area contributed by atoms with Crippen LogP contribution in [0.3, 0.4) is 0 Å². The van der Waals surface area contributed by atoms with E-state index in [1.807, 2.05) is 62.0 Å². The Morgan fingerprint density at radius 1 is 1.18 bits per heavy atom. The summed E-state index contributed by atoms with van der Waals surface area (Å²) in [4.78, 5) is 29.0. The van der Waals surface area contributed by atoms with Gasteiger partial charge in [-0.1, -0.05) is 12.1 Å². The predicted molar refractivity (Wildman–Crippen MR) is 145 cm³/mol. The van der Waals surface area contributed by atoms with E-state index in [-0.39, 0.29) is 11.9 Å². The Morgan fingerprint density at radius 3 is 2.76 bits per heavy atom. The predicted octanol–water partition coefficient (Wildman–Crippen LogP) is 3.81. The molecule has 1 spiro atoms. The second-order valence-corrected chi connectivity index (χ2v) is 10.5. The number of amides is 1. The third-order valence-corrected chi connectivity index (χ3v) is 7.37. The van der Waals surface area contributed by atoms with Crippen molar-refractivity contribution in [3.63, 3.8) is 0 Å². The fourth-order valence-corrected chi connectivity index (χ4v) is 5.16. The van der Waals surface area contributed by atoms with Crippen molar-refractivity contribution in [3.8, 4) is 0 Å². The van der Waals surface area contributed by atoms with Gasteiger partial charge in [0, 0.05) is 43.5 Å². The Hall–Kier alpha value is -3.89. The number of benzene rings is 1. The number of nitrogens with one attached hydrogen (secondary N) is 2. The van der Waals surface area contributed by atoms with E-state index in [9.17, 15) is 4.79 Å². The van der Waals surface area contributed by atoms with E-state index >= 15 is 0 Å². The minimum absolute atomic E-state index is 0.0535. The van der Waals surface area contributed by atoms with Crippen molar-refractivity contribution >= 4 is 28.6 Å². The van der Waals surface area contributed by atoms with Crippen molar-refractivity contribution < 1.29 is 9.53 Å². The van der Waals surface area contributed by atoms with Crippen LogP contribution < -0.4 is 10.6 Å². The van der Waals surface area contributed by atoms with Gasteiger partial charge in [0.05, 0.1) is 42.9 Å². The van der Waals surface area contributed by atoms with Crippen LogP contribution in [0.1, 0.15) is 47.1 Å². The molecule has 0 saturated carbocycles. The van der Waals surface area contributed by atoms with Gasteiger partial charge in [0.15, 0.2) is 0 Å². The van der Waals surface area contributed by atoms with Crippen molar-refractivity contribution in [1.82, 2.24) is 29.6 Å². The van der Waals surface area contributed by atoms with Crippen molar-refractivity contribution in [2.24, 2.45) is 5.41 Å². The molecule has 2 saturated heterocycles. The lowest BCUT2D eigenvalue weighted by molar-refractivity contribution is -0.191. The summed E-state index contributed by atoms with van der Waals surface area (Å²) in [6.07, 6.45) is 5.27. The molecule has 2 aliphatic rings. The zero-order valence-electron chi connectivity index (χ0n) is 21.9. The van der Waals surface area contributed by atoms with Crippen LogP contribution in [0.4, 0.5) is 11.5 Å². The molecule has 0 radical (unpaired) electrons. The number of fused-ring (bicyclic) bond motifs is 1. The summed E-state index contributed by atoms with van der Waals surface area (Å²) in [5.41, 5.74) is 6.09. The Balaban J connectivity index is 1.08. The van der Waals surface area contributed by atoms with Gasteiger partial charge < -0.3 is 15.4 Å². The second kappa shape index (κ2) is 9.77. The quantitative estimate of drug-likeness (QED) is 0.367. The number of anilines is 2. The topological polar surface area (TPSA) is 110 Å². The van der Waals surface area contributed by atoms with Crippen molar-refractivity contribution in [1.29, 1.82) is 0 Å². The maximum atomic E-state index is 13.0. The van der Waals surface area contributed by atoms with Gasteiger partial charge in [0.25, 0.3) is 5.91 Å². The lowest BCUT2D eigenvalue weighted by Crippen LogP contribution is -2.65. The molecule has 10 heteroatoms. The number of aromatic nitrogens is 5. The van der Waals surface area contributed by atoms with E-state index in [2.05, 4.69) is 35.6 Å². The molecule has 4 aromatic rings. The molecule has 1 aromatic carbocycles. The first-order valence-electron chi connectivity index (χ1n) is 13.0. The standard InChI is InChI=1S/C28H32N8O2/c1-4-36-13-24-26(34-36)33-25(11-30-24)31-19(3)20-6-5-7-22(9-20)32-27(37)21-8-18(2)23(29-10-21)12-35-14-28(15-35)16-38-17-28/h5-11,13,19H,4,12,14-17H2,1-3H3,(H,32,37)(H,31,33,34)/t19-/m0/s1. The average Bonchev–Trinajstić information content (AvgIpc) is 3.28. The molecule has 1 amide bonds. The molecule has 0 aliphatic carbocycles. The summed E-state index contributed by atoms with van der Waals surface area (Å²) in [6, 6.07) is 9.66. The Bertz CT molecular complexity index is 1490. The number of carbonyl (C=O) groups excluding carboxylic acids is 1. The lowest BCUT2D eigenvalue weighted by Gasteiger charge is -2.55. The molecular formula is C28H32N8O2. The number of ether oxygens (including phenoxy) is 1. The Kier molecular flexibility index (Phi) is 6.29. The third-order valence-electron chi connectivity index (χ3n) is 7.37. The number of carbonyl (C=O) groups is 1. The number of rotatable bonds is 8. The number of pyridine rings is 1. The number of hydrogen-bond donors (Lipinski definition) is 2. The van der Waals surface area contributed by atoms with Crippen LogP contribution in [0.25, 0.3) is 11.2 Å². The lowest BCUT2D eigenvalue weighted by atomic mass is 9.78. The van der Waals surface area contributed by atoms with Crippen LogP contribution >= 0.6 is 0 Å². The molecule has 5 heterocycles. The maximum absolute atomic E-state index is 13.0. The minimum Gasteiger partial charge on any atom is -0.380 e. The summed E-state index contributed by atoms with van der Waals surface area (Å²) in [5.74, 6) is 0.471. The molecule has 0 bridgehead atoms. The van der Waals surface area contributed by atoms with Crippen LogP contribution in [-0.4, -0.2) is 61.8 Å². The zero-order chi connectivity index (χ0) is 26.3. The molecule has 2 N–H and O–H groups in total. The SMILES string of the molecule is CCn1cc2ncc(N[C@@H](C)c3cccc(NC(=O)c4cnc(CN5CC6(COC6)C5)c(C)c4)c3)nc2n1. The molecule has 38 heavy (non-hydrogen) atoms. The van der Waals surface area contributed by atoms with Gasteiger partial charge in [-0.25, -0.2) is 9.97 Å². The van der Waals surface area contributed by atoms with Gasteiger partial charge >= 0.3 is 0 Å². The highest BCUT2D eigenvalue weighted by Gasteiger charge is 2.48. The van der Waals surface area contributed by atoms with Crippen LogP contribution in [-0.2, 0) is 17.8 Å². The van der Waals surface area contributed by atoms with Crippen LogP contribution in [0.15, 0.2) is 48.9 Å². The van der Waals surface area contributed by atoms with Crippen LogP contribution in [0.5, 0.6) is 0 Å². The smallest absolute Gasteiger partial charge is 0.257 e. The van der Waals surface area contributed by atoms with Gasteiger partial charge in [-0.15, -0.1) is 0 Å². The highest BCUT2D eigenvalue weighted by molar-refractivity contribution is 6.04. The molecular weight excluding hydrogens is 480 g/mol. The summed E-state index contributed by atoms with van der Waals surface area (Å²) in [5, 5.41) is 10.8. The zero-order valence-corrected chi connectivity index (χ0v) is 21.9. The van der Waals surface area contributed by atoms with Crippen molar-refractivity contribution in [2.75, 3.05) is 36.9 Å². The van der Waals surface area contributed by atoms with E-state index in [1.54, 1.807) is 12.4 Å². The summed E-state index contributed by atoms with van der Waals surface area (Å²) in [7, 11) is 0. The van der Waals surface area contributed by atoms with E-state index in [0.29, 0.717) is 22.4 Å². The molecule has 6 rings (SSSR count). The summed E-state index contributed by atoms with van der Waals surface area (Å²) >= 11 is 0. The van der Waals surface area contributed by atoms with E-state index in [4.69, 9.17) is 4.74 Å². The van der Waals surface area contributed by atoms with E-state index in [1.165, 1.54) is 0 Å². The fourth-order valence-electron chi connectivity index (χ4n) is 5.16. The highest BCUT2D eigenvalue weighted by atomic mass is 16.5. The molecule has 1 atom stereocenters. The molecule has 0 unspecified atom stereocenters. The molecule has 2 aliphatic heterocycles. The summed E-state index contributed by atoms with van der Waals surface area (Å²) in [6.45, 7) is 11.5. The average molecular weight is 513 g/mol. The van der Waals surface area contributed by atoms with Crippen molar-refractivity contribution in [2.45, 2.75) is 39.9 Å². The minimum atomic E-state index is -0.178. The number of aryl methyl sites for hydroxylation is 2. The number of nitrogens with zero attached hydrogens (tertiary/aromatic N) is 6. The first-order chi connectivity index (χ1) is 18.4. The van der Waals surface area contributed by atoms with Gasteiger partial charge in [0.1, 0.15) is 11.3 Å². The van der Waals surface area contributed by atoms with Gasteiger partial charge in [-0.2, -0.15) is 5.10 Å². The first kappa shape index (κ1) is 24.4. The molecule has 3 aromatic heterocycles. The Morgan fingerprint density at radius 2 is 2.03 bits per heavy atom. The normalized spacial score (nSPS) is 17.1. The summed E-state index contributed by atoms with van der Waals surface area (Å²) < 4.78 is 7.18. The molecule has 10 nitrogen and oxygen atoms in total. The van der Waals surface area contributed by atoms with Crippen LogP contribution in [0.2, 0.25) is 0 Å². The number of hydrogen-bond acceptors (Lipinski definition) is 8. The highest BCUT2D eigenvalue weighted by Crippen LogP contribution is 2.38. The first-order valence-corrected chi connectivity index (χ1v) is 13.0. The number of likely N-dealkylation sites (tertiary alicyclic amines) is 1. The van der Waals surface area contributed by atoms with E-state index in [0.717, 1.165) is 67.4 Å².